The molecule has 0 aliphatic carbocycles. The quantitative estimate of drug-likeness (QED) is 0.746. The van der Waals surface area contributed by atoms with E-state index in [1.807, 2.05) is 13.8 Å². The largest absolute Gasteiger partial charge is 0.493 e. The molecule has 1 rings (SSSR count). The number of halogens is 3. The van der Waals surface area contributed by atoms with Crippen molar-refractivity contribution >= 4 is 0 Å². The smallest absolute Gasteiger partial charge is 0.419 e. The van der Waals surface area contributed by atoms with Crippen molar-refractivity contribution in [2.24, 2.45) is 5.92 Å². The predicted octanol–water partition coefficient (Wildman–Crippen LogP) is 3.48. The van der Waals surface area contributed by atoms with Crippen molar-refractivity contribution in [2.45, 2.75) is 26.6 Å². The van der Waals surface area contributed by atoms with Gasteiger partial charge in [0.1, 0.15) is 5.75 Å². The molecule has 6 heteroatoms. The first kappa shape index (κ1) is 17.8. The van der Waals surface area contributed by atoms with E-state index in [0.717, 1.165) is 6.07 Å². The Kier molecular flexibility index (Phi) is 6.98. The van der Waals surface area contributed by atoms with Gasteiger partial charge in [-0.2, -0.15) is 13.2 Å². The first-order chi connectivity index (χ1) is 9.84. The highest BCUT2D eigenvalue weighted by atomic mass is 19.4. The Balaban J connectivity index is 2.81. The SMILES string of the molecule is COCCNCc1ccc(OCC(C)C)c(C(F)(F)F)c1. The monoisotopic (exact) mass is 305 g/mol. The molecule has 0 saturated carbocycles. The minimum Gasteiger partial charge on any atom is -0.493 e. The van der Waals surface area contributed by atoms with Crippen LogP contribution in [0.1, 0.15) is 25.0 Å². The van der Waals surface area contributed by atoms with Crippen LogP contribution in [0.4, 0.5) is 13.2 Å². The first-order valence-corrected chi connectivity index (χ1v) is 6.87. The summed E-state index contributed by atoms with van der Waals surface area (Å²) in [5.74, 6) is 0.0540. The van der Waals surface area contributed by atoms with E-state index in [1.54, 1.807) is 13.2 Å². The van der Waals surface area contributed by atoms with Gasteiger partial charge in [0.25, 0.3) is 0 Å². The normalized spacial score (nSPS) is 12.0. The molecule has 0 unspecified atom stereocenters. The Morgan fingerprint density at radius 2 is 1.95 bits per heavy atom. The number of benzene rings is 1. The highest BCUT2D eigenvalue weighted by Crippen LogP contribution is 2.37. The average molecular weight is 305 g/mol. The van der Waals surface area contributed by atoms with Crippen LogP contribution < -0.4 is 10.1 Å². The van der Waals surface area contributed by atoms with Crippen LogP contribution in [0.3, 0.4) is 0 Å². The summed E-state index contributed by atoms with van der Waals surface area (Å²) >= 11 is 0. The molecular formula is C15H22F3NO2. The fraction of sp³-hybridized carbons (Fsp3) is 0.600. The van der Waals surface area contributed by atoms with Gasteiger partial charge in [0, 0.05) is 20.2 Å². The van der Waals surface area contributed by atoms with Crippen LogP contribution in [0.25, 0.3) is 0 Å². The third kappa shape index (κ3) is 6.35. The summed E-state index contributed by atoms with van der Waals surface area (Å²) in [7, 11) is 1.57. The first-order valence-electron chi connectivity index (χ1n) is 6.87. The van der Waals surface area contributed by atoms with Crippen molar-refractivity contribution in [3.8, 4) is 5.75 Å². The Morgan fingerprint density at radius 3 is 2.52 bits per heavy atom. The van der Waals surface area contributed by atoms with Crippen molar-refractivity contribution in [1.82, 2.24) is 5.32 Å². The number of alkyl halides is 3. The number of rotatable bonds is 8. The zero-order valence-electron chi connectivity index (χ0n) is 12.6. The number of hydrogen-bond donors (Lipinski definition) is 1. The fourth-order valence-corrected chi connectivity index (χ4v) is 1.70. The molecule has 0 spiro atoms. The van der Waals surface area contributed by atoms with Gasteiger partial charge in [-0.1, -0.05) is 19.9 Å². The highest BCUT2D eigenvalue weighted by molar-refractivity contribution is 5.39. The molecule has 0 radical (unpaired) electrons. The molecule has 1 N–H and O–H groups in total. The minimum absolute atomic E-state index is 0.114. The molecule has 0 amide bonds. The topological polar surface area (TPSA) is 30.5 Å². The maximum absolute atomic E-state index is 13.1. The number of hydrogen-bond acceptors (Lipinski definition) is 3. The van der Waals surface area contributed by atoms with Crippen molar-refractivity contribution in [2.75, 3.05) is 26.9 Å². The average Bonchev–Trinajstić information content (AvgIpc) is 2.41. The third-order valence-corrected chi connectivity index (χ3v) is 2.73. The van der Waals surface area contributed by atoms with E-state index in [2.05, 4.69) is 5.32 Å². The molecule has 1 aromatic rings. The fourth-order valence-electron chi connectivity index (χ4n) is 1.70. The van der Waals surface area contributed by atoms with E-state index < -0.39 is 11.7 Å². The molecule has 0 aromatic heterocycles. The van der Waals surface area contributed by atoms with Crippen molar-refractivity contribution in [3.05, 3.63) is 29.3 Å². The van der Waals surface area contributed by atoms with Crippen molar-refractivity contribution in [1.29, 1.82) is 0 Å². The van der Waals surface area contributed by atoms with Crippen LogP contribution in [0.2, 0.25) is 0 Å². The molecule has 1 aromatic carbocycles. The zero-order valence-corrected chi connectivity index (χ0v) is 12.6. The Hall–Kier alpha value is -1.27. The lowest BCUT2D eigenvalue weighted by atomic mass is 10.1. The summed E-state index contributed by atoms with van der Waals surface area (Å²) in [6.07, 6.45) is -4.42. The lowest BCUT2D eigenvalue weighted by Gasteiger charge is -2.16. The lowest BCUT2D eigenvalue weighted by Crippen LogP contribution is -2.19. The molecule has 0 saturated heterocycles. The van der Waals surface area contributed by atoms with Crippen molar-refractivity contribution in [3.63, 3.8) is 0 Å². The highest BCUT2D eigenvalue weighted by Gasteiger charge is 2.34. The predicted molar refractivity (Wildman–Crippen MR) is 75.4 cm³/mol. The summed E-state index contributed by atoms with van der Waals surface area (Å²) < 4.78 is 49.4. The van der Waals surface area contributed by atoms with E-state index >= 15 is 0 Å². The molecule has 0 bridgehead atoms. The lowest BCUT2D eigenvalue weighted by molar-refractivity contribution is -0.139. The minimum atomic E-state index is -4.42. The molecule has 3 nitrogen and oxygen atoms in total. The molecule has 0 fully saturated rings. The third-order valence-electron chi connectivity index (χ3n) is 2.73. The maximum atomic E-state index is 13.1. The van der Waals surface area contributed by atoms with E-state index in [-0.39, 0.29) is 18.3 Å². The van der Waals surface area contributed by atoms with Crippen LogP contribution in [0, 0.1) is 5.92 Å². The van der Waals surface area contributed by atoms with Crippen molar-refractivity contribution < 1.29 is 22.6 Å². The van der Waals surface area contributed by atoms with Gasteiger partial charge in [-0.3, -0.25) is 0 Å². The molecule has 21 heavy (non-hydrogen) atoms. The summed E-state index contributed by atoms with van der Waals surface area (Å²) in [5.41, 5.74) is -0.162. The molecule has 0 atom stereocenters. The zero-order chi connectivity index (χ0) is 15.9. The molecule has 0 aliphatic rings. The summed E-state index contributed by atoms with van der Waals surface area (Å²) in [6.45, 7) is 5.50. The second-order valence-electron chi connectivity index (χ2n) is 5.20. The van der Waals surface area contributed by atoms with Gasteiger partial charge in [0.2, 0.25) is 0 Å². The van der Waals surface area contributed by atoms with Gasteiger partial charge in [0.15, 0.2) is 0 Å². The Bertz CT molecular complexity index is 433. The van der Waals surface area contributed by atoms with E-state index in [9.17, 15) is 13.2 Å². The van der Waals surface area contributed by atoms with Gasteiger partial charge in [-0.25, -0.2) is 0 Å². The summed E-state index contributed by atoms with van der Waals surface area (Å²) in [5, 5.41) is 3.02. The molecule has 0 heterocycles. The Labute approximate surface area is 123 Å². The second-order valence-corrected chi connectivity index (χ2v) is 5.20. The van der Waals surface area contributed by atoms with Gasteiger partial charge >= 0.3 is 6.18 Å². The number of nitrogens with one attached hydrogen (secondary N) is 1. The molecule has 120 valence electrons. The molecule has 0 aliphatic heterocycles. The van der Waals surface area contributed by atoms with Crippen LogP contribution in [-0.4, -0.2) is 26.9 Å². The van der Waals surface area contributed by atoms with E-state index in [1.165, 1.54) is 6.07 Å². The summed E-state index contributed by atoms with van der Waals surface area (Å²) in [6, 6.07) is 4.17. The van der Waals surface area contributed by atoms with E-state index in [0.29, 0.717) is 25.3 Å². The number of ether oxygens (including phenoxy) is 2. The Morgan fingerprint density at radius 1 is 1.24 bits per heavy atom. The standard InChI is InChI=1S/C15H22F3NO2/c1-11(2)10-21-14-5-4-12(9-19-6-7-20-3)8-13(14)15(16,17)18/h4-5,8,11,19H,6-7,9-10H2,1-3H3. The number of methoxy groups -OCH3 is 1. The van der Waals surface area contributed by atoms with Gasteiger partial charge < -0.3 is 14.8 Å². The summed E-state index contributed by atoms with van der Waals surface area (Å²) in [4.78, 5) is 0. The van der Waals surface area contributed by atoms with Crippen LogP contribution in [0.15, 0.2) is 18.2 Å². The van der Waals surface area contributed by atoms with Crippen LogP contribution in [-0.2, 0) is 17.5 Å². The maximum Gasteiger partial charge on any atom is 0.419 e. The molecular weight excluding hydrogens is 283 g/mol. The van der Waals surface area contributed by atoms with Gasteiger partial charge in [-0.05, 0) is 23.6 Å². The van der Waals surface area contributed by atoms with E-state index in [4.69, 9.17) is 9.47 Å². The van der Waals surface area contributed by atoms with Crippen LogP contribution in [0.5, 0.6) is 5.75 Å². The van der Waals surface area contributed by atoms with Gasteiger partial charge in [0.05, 0.1) is 18.8 Å². The van der Waals surface area contributed by atoms with Gasteiger partial charge in [-0.15, -0.1) is 0 Å². The van der Waals surface area contributed by atoms with Crippen LogP contribution >= 0.6 is 0 Å². The second kappa shape index (κ2) is 8.24.